The first-order valence-electron chi connectivity index (χ1n) is 9.58. The predicted octanol–water partition coefficient (Wildman–Crippen LogP) is -2.69. The number of allylic oxidation sites excluding steroid dienone is 1. The van der Waals surface area contributed by atoms with Crippen LogP contribution in [0.4, 0.5) is 0 Å². The summed E-state index contributed by atoms with van der Waals surface area (Å²) < 4.78 is 26.2. The Kier molecular flexibility index (Phi) is 7.01. The van der Waals surface area contributed by atoms with Gasteiger partial charge in [0.25, 0.3) is 0 Å². The fraction of sp³-hybridized carbons (Fsp3) is 0.684. The van der Waals surface area contributed by atoms with E-state index in [1.165, 1.54) is 26.2 Å². The van der Waals surface area contributed by atoms with Gasteiger partial charge >= 0.3 is 11.9 Å². The summed E-state index contributed by atoms with van der Waals surface area (Å²) in [6.45, 7) is 0.0394. The van der Waals surface area contributed by atoms with E-state index in [0.717, 1.165) is 6.26 Å². The molecule has 0 amide bonds. The number of carbonyl (C=O) groups is 2. The number of hydrogen-bond acceptors (Lipinski definition) is 12. The number of methoxy groups -OCH3 is 1. The van der Waals surface area contributed by atoms with Crippen molar-refractivity contribution in [3.05, 3.63) is 24.0 Å². The molecule has 174 valence electrons. The molecule has 0 spiro atoms. The van der Waals surface area contributed by atoms with Crippen molar-refractivity contribution in [3.8, 4) is 0 Å². The van der Waals surface area contributed by atoms with E-state index in [-0.39, 0.29) is 5.57 Å². The molecule has 9 atom stereocenters. The number of aliphatic hydroxyl groups excluding tert-OH is 4. The van der Waals surface area contributed by atoms with Crippen LogP contribution >= 0.6 is 0 Å². The van der Waals surface area contributed by atoms with E-state index in [1.807, 2.05) is 0 Å². The molecule has 0 aromatic rings. The molecule has 1 saturated heterocycles. The molecule has 0 bridgehead atoms. The van der Waals surface area contributed by atoms with Crippen LogP contribution in [0.1, 0.15) is 6.92 Å². The lowest BCUT2D eigenvalue weighted by atomic mass is 9.79. The van der Waals surface area contributed by atoms with Crippen LogP contribution in [0.3, 0.4) is 0 Å². The van der Waals surface area contributed by atoms with E-state index in [4.69, 9.17) is 23.7 Å². The molecule has 2 aliphatic heterocycles. The van der Waals surface area contributed by atoms with Crippen LogP contribution in [0.5, 0.6) is 0 Å². The Morgan fingerprint density at radius 1 is 1.16 bits per heavy atom. The van der Waals surface area contributed by atoms with Gasteiger partial charge in [-0.1, -0.05) is 12.2 Å². The zero-order chi connectivity index (χ0) is 22.9. The van der Waals surface area contributed by atoms with Crippen LogP contribution in [0.2, 0.25) is 0 Å². The Labute approximate surface area is 177 Å². The first-order valence-corrected chi connectivity index (χ1v) is 9.58. The maximum atomic E-state index is 12.1. The molecule has 0 aromatic carbocycles. The standard InChI is InChI=1S/C19H26O12/c1-8(21)29-7-19(26)4-3-9-10(16(25)27-2)6-28-17(12(9)19)31-18-15(24)14(23)13(22)11(5-20)30-18/h3-4,6,9,11-15,17-18,20,22-24,26H,5,7H2,1-2H3/t9-,11-,12-,13-,14+,15-,17+,18+,19+/m1/s1. The van der Waals surface area contributed by atoms with Gasteiger partial charge in [0.2, 0.25) is 6.29 Å². The first kappa shape index (κ1) is 23.6. The van der Waals surface area contributed by atoms with E-state index in [0.29, 0.717) is 0 Å². The fourth-order valence-corrected chi connectivity index (χ4v) is 3.91. The molecule has 3 aliphatic rings. The van der Waals surface area contributed by atoms with Gasteiger partial charge < -0.3 is 49.2 Å². The van der Waals surface area contributed by atoms with Gasteiger partial charge in [-0.3, -0.25) is 4.79 Å². The number of fused-ring (bicyclic) bond motifs is 1. The molecule has 5 N–H and O–H groups in total. The summed E-state index contributed by atoms with van der Waals surface area (Å²) in [7, 11) is 1.18. The normalized spacial score (nSPS) is 41.7. The zero-order valence-corrected chi connectivity index (χ0v) is 16.9. The van der Waals surface area contributed by atoms with Crippen molar-refractivity contribution >= 4 is 11.9 Å². The number of carbonyl (C=O) groups excluding carboxylic acids is 2. The Balaban J connectivity index is 1.87. The molecule has 0 unspecified atom stereocenters. The van der Waals surface area contributed by atoms with Crippen LogP contribution in [0, 0.1) is 11.8 Å². The molecule has 3 rings (SSSR count). The van der Waals surface area contributed by atoms with Crippen LogP contribution in [0.15, 0.2) is 24.0 Å². The van der Waals surface area contributed by atoms with E-state index >= 15 is 0 Å². The summed E-state index contributed by atoms with van der Waals surface area (Å²) in [4.78, 5) is 23.4. The molecule has 31 heavy (non-hydrogen) atoms. The minimum atomic E-state index is -1.80. The predicted molar refractivity (Wildman–Crippen MR) is 97.5 cm³/mol. The van der Waals surface area contributed by atoms with Crippen molar-refractivity contribution < 1.29 is 58.8 Å². The maximum Gasteiger partial charge on any atom is 0.337 e. The molecular formula is C19H26O12. The Morgan fingerprint density at radius 3 is 2.48 bits per heavy atom. The number of hydrogen-bond donors (Lipinski definition) is 5. The second kappa shape index (κ2) is 9.20. The summed E-state index contributed by atoms with van der Waals surface area (Å²) >= 11 is 0. The lowest BCUT2D eigenvalue weighted by molar-refractivity contribution is -0.346. The second-order valence-electron chi connectivity index (χ2n) is 7.58. The number of aliphatic hydroxyl groups is 5. The summed E-state index contributed by atoms with van der Waals surface area (Å²) in [6.07, 6.45) is -5.12. The summed E-state index contributed by atoms with van der Waals surface area (Å²) in [5, 5.41) is 50.6. The van der Waals surface area contributed by atoms with Crippen molar-refractivity contribution in [2.45, 2.75) is 49.5 Å². The molecule has 0 radical (unpaired) electrons. The summed E-state index contributed by atoms with van der Waals surface area (Å²) in [6, 6.07) is 0. The Bertz CT molecular complexity index is 748. The maximum absolute atomic E-state index is 12.1. The smallest absolute Gasteiger partial charge is 0.337 e. The minimum Gasteiger partial charge on any atom is -0.471 e. The van der Waals surface area contributed by atoms with Crippen molar-refractivity contribution in [1.82, 2.24) is 0 Å². The summed E-state index contributed by atoms with van der Waals surface area (Å²) in [5.74, 6) is -3.13. The number of esters is 2. The van der Waals surface area contributed by atoms with Crippen LogP contribution < -0.4 is 0 Å². The third kappa shape index (κ3) is 4.46. The molecule has 1 aliphatic carbocycles. The third-order valence-corrected chi connectivity index (χ3v) is 5.58. The van der Waals surface area contributed by atoms with E-state index in [9.17, 15) is 35.1 Å². The zero-order valence-electron chi connectivity index (χ0n) is 16.9. The van der Waals surface area contributed by atoms with Gasteiger partial charge in [0.1, 0.15) is 36.6 Å². The van der Waals surface area contributed by atoms with Gasteiger partial charge in [-0.05, 0) is 0 Å². The second-order valence-corrected chi connectivity index (χ2v) is 7.58. The van der Waals surface area contributed by atoms with Crippen LogP contribution in [-0.2, 0) is 33.3 Å². The highest BCUT2D eigenvalue weighted by atomic mass is 16.8. The quantitative estimate of drug-likeness (QED) is 0.211. The molecule has 0 saturated carbocycles. The highest BCUT2D eigenvalue weighted by Crippen LogP contribution is 2.46. The van der Waals surface area contributed by atoms with E-state index in [1.54, 1.807) is 0 Å². The lowest BCUT2D eigenvalue weighted by Crippen LogP contribution is -2.61. The topological polar surface area (TPSA) is 181 Å². The highest BCUT2D eigenvalue weighted by molar-refractivity contribution is 5.89. The van der Waals surface area contributed by atoms with Crippen molar-refractivity contribution in [2.75, 3.05) is 20.3 Å². The van der Waals surface area contributed by atoms with Gasteiger partial charge in [0, 0.05) is 12.8 Å². The molecule has 2 heterocycles. The molecule has 12 nitrogen and oxygen atoms in total. The van der Waals surface area contributed by atoms with Crippen molar-refractivity contribution in [3.63, 3.8) is 0 Å². The van der Waals surface area contributed by atoms with Crippen molar-refractivity contribution in [2.24, 2.45) is 11.8 Å². The monoisotopic (exact) mass is 446 g/mol. The van der Waals surface area contributed by atoms with Crippen molar-refractivity contribution in [1.29, 1.82) is 0 Å². The fourth-order valence-electron chi connectivity index (χ4n) is 3.91. The van der Waals surface area contributed by atoms with E-state index < -0.39 is 79.6 Å². The SMILES string of the molecule is COC(=O)C1=CO[C@@H](O[C@@H]2O[C@H](CO)[C@@H](O)[C@H](O)[C@H]2O)[C@H]2[C@@H]1C=C[C@]2(O)COC(C)=O. The van der Waals surface area contributed by atoms with Gasteiger partial charge in [-0.2, -0.15) is 0 Å². The first-order chi connectivity index (χ1) is 14.6. The average Bonchev–Trinajstić information content (AvgIpc) is 3.10. The summed E-state index contributed by atoms with van der Waals surface area (Å²) in [5.41, 5.74) is -1.72. The lowest BCUT2D eigenvalue weighted by Gasteiger charge is -2.44. The molecule has 1 fully saturated rings. The molecule has 12 heteroatoms. The van der Waals surface area contributed by atoms with Gasteiger partial charge in [-0.25, -0.2) is 4.79 Å². The number of rotatable bonds is 6. The van der Waals surface area contributed by atoms with Gasteiger partial charge in [0.15, 0.2) is 6.29 Å². The van der Waals surface area contributed by atoms with Crippen LogP contribution in [-0.4, -0.2) is 100 Å². The van der Waals surface area contributed by atoms with Gasteiger partial charge in [0.05, 0.1) is 31.5 Å². The van der Waals surface area contributed by atoms with Gasteiger partial charge in [-0.15, -0.1) is 0 Å². The minimum absolute atomic E-state index is 0.0798. The largest absolute Gasteiger partial charge is 0.471 e. The van der Waals surface area contributed by atoms with E-state index in [2.05, 4.69) is 0 Å². The Hall–Kier alpha value is -2.06. The average molecular weight is 446 g/mol. The highest BCUT2D eigenvalue weighted by Gasteiger charge is 2.56. The molecular weight excluding hydrogens is 420 g/mol. The third-order valence-electron chi connectivity index (χ3n) is 5.58. The number of ether oxygens (including phenoxy) is 5. The van der Waals surface area contributed by atoms with Crippen LogP contribution in [0.25, 0.3) is 0 Å². The Morgan fingerprint density at radius 2 is 1.87 bits per heavy atom. The molecule has 0 aromatic heterocycles.